The van der Waals surface area contributed by atoms with Gasteiger partial charge in [-0.3, -0.25) is 28.3 Å². The highest BCUT2D eigenvalue weighted by atomic mass is 19.1. The van der Waals surface area contributed by atoms with E-state index in [9.17, 15) is 18.4 Å². The molecule has 10 rings (SSSR count). The highest BCUT2D eigenvalue weighted by Crippen LogP contribution is 2.36. The van der Waals surface area contributed by atoms with Crippen molar-refractivity contribution in [1.82, 2.24) is 49.3 Å². The van der Waals surface area contributed by atoms with Crippen molar-refractivity contribution in [3.05, 3.63) is 166 Å². The molecule has 0 amide bonds. The van der Waals surface area contributed by atoms with Crippen LogP contribution in [0.4, 0.5) is 8.78 Å². The van der Waals surface area contributed by atoms with Gasteiger partial charge in [-0.2, -0.15) is 9.97 Å². The topological polar surface area (TPSA) is 148 Å². The Kier molecular flexibility index (Phi) is 13.0. The van der Waals surface area contributed by atoms with Crippen LogP contribution >= 0.6 is 0 Å². The third kappa shape index (κ3) is 9.32. The van der Waals surface area contributed by atoms with Crippen LogP contribution in [0, 0.1) is 11.6 Å². The molecule has 66 heavy (non-hydrogen) atoms. The summed E-state index contributed by atoms with van der Waals surface area (Å²) in [6, 6.07) is 34.8. The van der Waals surface area contributed by atoms with E-state index >= 15 is 0 Å². The molecule has 0 radical (unpaired) electrons. The number of nitrogens with one attached hydrogen (secondary N) is 2. The van der Waals surface area contributed by atoms with Crippen LogP contribution in [0.15, 0.2) is 143 Å². The number of ether oxygens (including phenoxy) is 2. The zero-order valence-electron chi connectivity index (χ0n) is 36.5. The highest BCUT2D eigenvalue weighted by molar-refractivity contribution is 5.80. The van der Waals surface area contributed by atoms with Gasteiger partial charge in [-0.05, 0) is 124 Å². The van der Waals surface area contributed by atoms with E-state index in [-0.39, 0.29) is 46.9 Å². The van der Waals surface area contributed by atoms with Crippen molar-refractivity contribution in [2.45, 2.75) is 37.8 Å². The van der Waals surface area contributed by atoms with Gasteiger partial charge in [0.2, 0.25) is 0 Å². The van der Waals surface area contributed by atoms with Gasteiger partial charge in [0.05, 0.1) is 46.0 Å². The van der Waals surface area contributed by atoms with Crippen LogP contribution in [0.3, 0.4) is 0 Å². The Balaban J connectivity index is 0.000000166. The van der Waals surface area contributed by atoms with Gasteiger partial charge in [-0.15, -0.1) is 0 Å². The first kappa shape index (κ1) is 43.7. The van der Waals surface area contributed by atoms with E-state index in [0.29, 0.717) is 56.5 Å². The van der Waals surface area contributed by atoms with Gasteiger partial charge in [-0.25, -0.2) is 18.7 Å². The number of benzene rings is 4. The van der Waals surface area contributed by atoms with E-state index in [4.69, 9.17) is 9.47 Å². The molecule has 4 aromatic heterocycles. The van der Waals surface area contributed by atoms with E-state index in [1.54, 1.807) is 72.3 Å². The number of nitrogens with zero attached hydrogens (tertiary/aromatic N) is 8. The predicted molar refractivity (Wildman–Crippen MR) is 247 cm³/mol. The molecule has 0 atom stereocenters. The van der Waals surface area contributed by atoms with Crippen LogP contribution in [0.5, 0.6) is 23.5 Å². The zero-order valence-corrected chi connectivity index (χ0v) is 36.5. The fourth-order valence-corrected chi connectivity index (χ4v) is 8.68. The van der Waals surface area contributed by atoms with Crippen molar-refractivity contribution < 1.29 is 18.3 Å². The van der Waals surface area contributed by atoms with Crippen molar-refractivity contribution >= 4 is 0 Å². The Labute approximate surface area is 379 Å². The van der Waals surface area contributed by atoms with E-state index in [1.165, 1.54) is 24.3 Å². The van der Waals surface area contributed by atoms with E-state index in [0.717, 1.165) is 51.9 Å². The molecular weight excluding hydrogens is 843 g/mol. The molecule has 2 aliphatic rings. The first-order valence-electron chi connectivity index (χ1n) is 21.9. The summed E-state index contributed by atoms with van der Waals surface area (Å²) in [5.41, 5.74) is 4.47. The molecule has 16 heteroatoms. The van der Waals surface area contributed by atoms with Crippen molar-refractivity contribution in [2.75, 3.05) is 26.2 Å². The normalized spacial score (nSPS) is 14.4. The third-order valence-electron chi connectivity index (χ3n) is 11.8. The Hall–Kier alpha value is -7.56. The summed E-state index contributed by atoms with van der Waals surface area (Å²) in [5.74, 6) is 0.542. The quantitative estimate of drug-likeness (QED) is 0.137. The second-order valence-electron chi connectivity index (χ2n) is 16.0. The first-order chi connectivity index (χ1) is 32.2. The van der Waals surface area contributed by atoms with Crippen molar-refractivity contribution in [3.8, 4) is 68.5 Å². The van der Waals surface area contributed by atoms with Gasteiger partial charge in [0.25, 0.3) is 11.1 Å². The second kappa shape index (κ2) is 19.7. The van der Waals surface area contributed by atoms with Crippen LogP contribution in [-0.2, 0) is 14.1 Å². The van der Waals surface area contributed by atoms with Gasteiger partial charge in [0, 0.05) is 26.5 Å². The minimum absolute atomic E-state index is 0.126. The van der Waals surface area contributed by atoms with Crippen molar-refractivity contribution in [2.24, 2.45) is 14.1 Å². The van der Waals surface area contributed by atoms with Gasteiger partial charge < -0.3 is 20.1 Å². The van der Waals surface area contributed by atoms with Gasteiger partial charge in [-0.1, -0.05) is 60.7 Å². The number of hydrogen-bond donors (Lipinski definition) is 2. The largest absolute Gasteiger partial charge is 0.424 e. The van der Waals surface area contributed by atoms with Gasteiger partial charge in [0.1, 0.15) is 23.1 Å². The maximum atomic E-state index is 13.6. The fourth-order valence-electron chi connectivity index (χ4n) is 8.68. The molecule has 8 aromatic rings. The lowest BCUT2D eigenvalue weighted by molar-refractivity contribution is 0.313. The lowest BCUT2D eigenvalue weighted by Gasteiger charge is -2.27. The molecule has 4 aromatic carbocycles. The van der Waals surface area contributed by atoms with Crippen LogP contribution in [0.2, 0.25) is 0 Å². The summed E-state index contributed by atoms with van der Waals surface area (Å²) in [4.78, 5) is 44.7. The number of hydrogen-bond acceptors (Lipinski definition) is 10. The summed E-state index contributed by atoms with van der Waals surface area (Å²) in [6.07, 6.45) is 6.79. The van der Waals surface area contributed by atoms with E-state index in [2.05, 4.69) is 30.6 Å². The Morgan fingerprint density at radius 3 is 1.24 bits per heavy atom. The van der Waals surface area contributed by atoms with Crippen molar-refractivity contribution in [1.29, 1.82) is 0 Å². The summed E-state index contributed by atoms with van der Waals surface area (Å²) in [7, 11) is 3.53. The number of rotatable bonds is 10. The maximum Gasteiger partial charge on any atom is 0.322 e. The summed E-state index contributed by atoms with van der Waals surface area (Å²) < 4.78 is 46.3. The first-order valence-corrected chi connectivity index (χ1v) is 21.9. The molecule has 2 saturated heterocycles. The van der Waals surface area contributed by atoms with Crippen LogP contribution < -0.4 is 31.2 Å². The van der Waals surface area contributed by atoms with Crippen molar-refractivity contribution in [3.63, 3.8) is 0 Å². The molecule has 0 bridgehead atoms. The monoisotopic (exact) mass is 890 g/mol. The Bertz CT molecular complexity index is 2830. The molecule has 2 aliphatic heterocycles. The molecule has 336 valence electrons. The summed E-state index contributed by atoms with van der Waals surface area (Å²) >= 11 is 0. The lowest BCUT2D eigenvalue weighted by Crippen LogP contribution is -2.33. The molecule has 0 saturated carbocycles. The Morgan fingerprint density at radius 2 is 0.879 bits per heavy atom. The SMILES string of the molecule is Cn1c(=O)c(-c2ccc(F)cc2)c(-c2ccnc(Oc3ccccc3)n2)n1C1CCNCC1.Cn1c(=O)c(-c2ccc(F)cc2)c(-c2ccnc(Oc3ccccc3)n2)n1C1CCNCC1. The zero-order chi connectivity index (χ0) is 45.6. The molecule has 6 heterocycles. The number of piperidine rings is 2. The number of halogens is 2. The molecular formula is C50H48F2N10O4. The fraction of sp³-hybridized carbons (Fsp3) is 0.240. The van der Waals surface area contributed by atoms with Crippen LogP contribution in [0.25, 0.3) is 45.0 Å². The second-order valence-corrected chi connectivity index (χ2v) is 16.0. The maximum absolute atomic E-state index is 13.6. The number of aromatic nitrogens is 8. The minimum atomic E-state index is -0.351. The average Bonchev–Trinajstić information content (AvgIpc) is 3.78. The van der Waals surface area contributed by atoms with Gasteiger partial charge >= 0.3 is 12.0 Å². The summed E-state index contributed by atoms with van der Waals surface area (Å²) in [5, 5.41) is 6.74. The molecule has 0 aliphatic carbocycles. The lowest BCUT2D eigenvalue weighted by atomic mass is 10.0. The number of para-hydroxylation sites is 2. The molecule has 14 nitrogen and oxygen atoms in total. The van der Waals surface area contributed by atoms with Gasteiger partial charge in [0.15, 0.2) is 0 Å². The summed E-state index contributed by atoms with van der Waals surface area (Å²) in [6.45, 7) is 3.48. The molecule has 0 spiro atoms. The standard InChI is InChI=1S/2C25H24FN5O2/c2*1-30-24(32)22(17-7-9-18(26)10-8-17)23(31(30)19-11-14-27-15-12-19)21-13-16-28-25(29-21)33-20-5-3-2-4-6-20/h2*2-10,13,16,19,27H,11-12,14-15H2,1H3. The predicted octanol–water partition coefficient (Wildman–Crippen LogP) is 8.33. The van der Waals surface area contributed by atoms with E-state index < -0.39 is 0 Å². The smallest absolute Gasteiger partial charge is 0.322 e. The molecule has 0 unspecified atom stereocenters. The molecule has 2 N–H and O–H groups in total. The van der Waals surface area contributed by atoms with E-state index in [1.807, 2.05) is 70.0 Å². The Morgan fingerprint density at radius 1 is 0.515 bits per heavy atom. The minimum Gasteiger partial charge on any atom is -0.424 e. The average molecular weight is 891 g/mol. The van der Waals surface area contributed by atoms with Crippen LogP contribution in [-0.4, -0.2) is 64.8 Å². The highest BCUT2D eigenvalue weighted by Gasteiger charge is 2.30. The van der Waals surface area contributed by atoms with Crippen LogP contribution in [0.1, 0.15) is 37.8 Å². The molecule has 2 fully saturated rings. The third-order valence-corrected chi connectivity index (χ3v) is 11.8.